The first kappa shape index (κ1) is 25.9. The second kappa shape index (κ2) is 11.1. The van der Waals surface area contributed by atoms with Crippen LogP contribution in [0.1, 0.15) is 46.0 Å². The topological polar surface area (TPSA) is 171 Å². The van der Waals surface area contributed by atoms with Crippen LogP contribution in [0, 0.1) is 10.1 Å². The Balaban J connectivity index is 2.24. The molecule has 0 saturated carbocycles. The average Bonchev–Trinajstić information content (AvgIpc) is 2.87. The number of nitrogens with zero attached hydrogens (tertiary/aromatic N) is 3. The zero-order valence-corrected chi connectivity index (χ0v) is 19.7. The lowest BCUT2D eigenvalue weighted by Crippen LogP contribution is -2.41. The second-order valence-corrected chi connectivity index (χ2v) is 7.89. The van der Waals surface area contributed by atoms with Crippen molar-refractivity contribution in [1.29, 1.82) is 0 Å². The summed E-state index contributed by atoms with van der Waals surface area (Å²) in [7, 11) is 1.10. The highest BCUT2D eigenvalue weighted by Crippen LogP contribution is 2.25. The number of carbonyl (C=O) groups excluding carboxylic acids is 2. The summed E-state index contributed by atoms with van der Waals surface area (Å²) in [6, 6.07) is 11.8. The number of carbonyl (C=O) groups is 2. The van der Waals surface area contributed by atoms with Gasteiger partial charge < -0.3 is 10.5 Å². The molecule has 1 heterocycles. The number of nitro benzene ring substituents is 1. The first-order chi connectivity index (χ1) is 17.2. The number of esters is 1. The minimum absolute atomic E-state index is 0.144. The van der Waals surface area contributed by atoms with Gasteiger partial charge in [0.15, 0.2) is 5.69 Å². The number of nitrogen functional groups attached to an aromatic ring is 1. The van der Waals surface area contributed by atoms with Crippen LogP contribution < -0.4 is 21.9 Å². The largest absolute Gasteiger partial charge is 0.465 e. The van der Waals surface area contributed by atoms with Crippen molar-refractivity contribution in [3.8, 4) is 0 Å². The number of benzene rings is 2. The molecule has 188 valence electrons. The Morgan fingerprint density at radius 1 is 1.14 bits per heavy atom. The van der Waals surface area contributed by atoms with E-state index >= 15 is 0 Å². The molecule has 0 atom stereocenters. The zero-order chi connectivity index (χ0) is 26.4. The van der Waals surface area contributed by atoms with Crippen molar-refractivity contribution in [2.24, 2.45) is 0 Å². The van der Waals surface area contributed by atoms with Crippen LogP contribution in [0.3, 0.4) is 0 Å². The van der Waals surface area contributed by atoms with Crippen molar-refractivity contribution < 1.29 is 19.2 Å². The van der Waals surface area contributed by atoms with Crippen LogP contribution >= 0.6 is 0 Å². The number of amides is 1. The predicted molar refractivity (Wildman–Crippen MR) is 132 cm³/mol. The molecule has 3 N–H and O–H groups in total. The first-order valence-electron chi connectivity index (χ1n) is 11.0. The van der Waals surface area contributed by atoms with E-state index in [0.717, 1.165) is 36.6 Å². The maximum Gasteiger partial charge on any atom is 0.338 e. The summed E-state index contributed by atoms with van der Waals surface area (Å²) >= 11 is 0. The highest BCUT2D eigenvalue weighted by molar-refractivity contribution is 6.08. The van der Waals surface area contributed by atoms with E-state index in [1.54, 1.807) is 30.3 Å². The van der Waals surface area contributed by atoms with Gasteiger partial charge in [-0.05, 0) is 18.1 Å². The molecule has 0 aliphatic carbocycles. The Labute approximate surface area is 205 Å². The van der Waals surface area contributed by atoms with Crippen LogP contribution in [0.2, 0.25) is 0 Å². The number of non-ortho nitro benzene ring substituents is 1. The van der Waals surface area contributed by atoms with Crippen molar-refractivity contribution >= 4 is 29.1 Å². The van der Waals surface area contributed by atoms with Gasteiger partial charge in [-0.1, -0.05) is 43.7 Å². The lowest BCUT2D eigenvalue weighted by molar-refractivity contribution is -0.384. The standard InChI is InChI=1S/C24H25N5O7/c1-3-4-10-27-20(25)19(21(30)26-24(27)33)28(14-15-8-6-5-7-9-15)22(31)16-11-17(23(32)36-2)13-18(12-16)29(34)35/h5-9,11-13H,3-4,10,14,25H2,1-2H3,(H,26,30,33). The number of nitrogens with two attached hydrogens (primary N) is 1. The summed E-state index contributed by atoms with van der Waals surface area (Å²) in [5.74, 6) is -1.95. The van der Waals surface area contributed by atoms with Crippen LogP contribution in [-0.4, -0.2) is 33.5 Å². The van der Waals surface area contributed by atoms with Gasteiger partial charge >= 0.3 is 11.7 Å². The maximum absolute atomic E-state index is 13.8. The highest BCUT2D eigenvalue weighted by Gasteiger charge is 2.28. The van der Waals surface area contributed by atoms with Crippen LogP contribution in [-0.2, 0) is 17.8 Å². The molecular weight excluding hydrogens is 470 g/mol. The third-order valence-corrected chi connectivity index (χ3v) is 5.44. The van der Waals surface area contributed by atoms with Crippen LogP contribution in [0.15, 0.2) is 58.1 Å². The molecule has 2 aromatic carbocycles. The van der Waals surface area contributed by atoms with Crippen molar-refractivity contribution in [3.63, 3.8) is 0 Å². The molecule has 12 heteroatoms. The number of ether oxygens (including phenoxy) is 1. The number of unbranched alkanes of at least 4 members (excludes halogenated alkanes) is 1. The fraction of sp³-hybridized carbons (Fsp3) is 0.250. The number of methoxy groups -OCH3 is 1. The monoisotopic (exact) mass is 495 g/mol. The molecular formula is C24H25N5O7. The quantitative estimate of drug-likeness (QED) is 0.259. The Kier molecular flexibility index (Phi) is 8.00. The molecule has 3 aromatic rings. The molecule has 0 spiro atoms. The molecule has 12 nitrogen and oxygen atoms in total. The lowest BCUT2D eigenvalue weighted by Gasteiger charge is -2.25. The van der Waals surface area contributed by atoms with Gasteiger partial charge in [0.25, 0.3) is 17.2 Å². The molecule has 0 unspecified atom stereocenters. The molecule has 1 aromatic heterocycles. The van der Waals surface area contributed by atoms with Gasteiger partial charge in [-0.2, -0.15) is 0 Å². The van der Waals surface area contributed by atoms with E-state index in [-0.39, 0.29) is 35.7 Å². The van der Waals surface area contributed by atoms with Gasteiger partial charge in [0.1, 0.15) is 5.82 Å². The molecule has 0 radical (unpaired) electrons. The van der Waals surface area contributed by atoms with E-state index in [2.05, 4.69) is 9.72 Å². The van der Waals surface area contributed by atoms with E-state index in [0.29, 0.717) is 12.0 Å². The Morgan fingerprint density at radius 3 is 2.42 bits per heavy atom. The van der Waals surface area contributed by atoms with Crippen molar-refractivity contribution in [3.05, 3.63) is 96.2 Å². The summed E-state index contributed by atoms with van der Waals surface area (Å²) in [5.41, 5.74) is 3.98. The molecule has 1 amide bonds. The number of H-pyrrole nitrogens is 1. The summed E-state index contributed by atoms with van der Waals surface area (Å²) in [6.07, 6.45) is 1.34. The van der Waals surface area contributed by atoms with E-state index < -0.39 is 33.7 Å². The minimum atomic E-state index is -0.895. The number of hydrogen-bond acceptors (Lipinski definition) is 8. The van der Waals surface area contributed by atoms with Gasteiger partial charge in [0.2, 0.25) is 0 Å². The van der Waals surface area contributed by atoms with Crippen LogP contribution in [0.25, 0.3) is 0 Å². The fourth-order valence-corrected chi connectivity index (χ4v) is 3.63. The molecule has 0 bridgehead atoms. The van der Waals surface area contributed by atoms with E-state index in [9.17, 15) is 29.3 Å². The van der Waals surface area contributed by atoms with Crippen LogP contribution in [0.4, 0.5) is 17.2 Å². The third kappa shape index (κ3) is 5.49. The normalized spacial score (nSPS) is 10.6. The SMILES string of the molecule is CCCCn1c(N)c(N(Cc2ccccc2)C(=O)c2cc(C(=O)OC)cc([N+](=O)[O-])c2)c(=O)[nH]c1=O. The number of aromatic nitrogens is 2. The fourth-order valence-electron chi connectivity index (χ4n) is 3.63. The molecule has 0 saturated heterocycles. The maximum atomic E-state index is 13.8. The molecule has 0 fully saturated rings. The molecule has 0 aliphatic heterocycles. The summed E-state index contributed by atoms with van der Waals surface area (Å²) < 4.78 is 5.82. The van der Waals surface area contributed by atoms with E-state index in [4.69, 9.17) is 5.73 Å². The van der Waals surface area contributed by atoms with Crippen molar-refractivity contribution in [1.82, 2.24) is 9.55 Å². The summed E-state index contributed by atoms with van der Waals surface area (Å²) in [4.78, 5) is 65.1. The molecule has 0 aliphatic rings. The Morgan fingerprint density at radius 2 is 1.81 bits per heavy atom. The molecule has 3 rings (SSSR count). The van der Waals surface area contributed by atoms with Gasteiger partial charge in [-0.25, -0.2) is 9.59 Å². The van der Waals surface area contributed by atoms with Gasteiger partial charge in [0, 0.05) is 24.2 Å². The first-order valence-corrected chi connectivity index (χ1v) is 11.0. The van der Waals surface area contributed by atoms with Crippen molar-refractivity contribution in [2.75, 3.05) is 17.7 Å². The number of hydrogen-bond donors (Lipinski definition) is 2. The predicted octanol–water partition coefficient (Wildman–Crippen LogP) is 2.46. The number of aromatic amines is 1. The zero-order valence-electron chi connectivity index (χ0n) is 19.7. The highest BCUT2D eigenvalue weighted by atomic mass is 16.6. The van der Waals surface area contributed by atoms with Crippen LogP contribution in [0.5, 0.6) is 0 Å². The molecule has 36 heavy (non-hydrogen) atoms. The van der Waals surface area contributed by atoms with Gasteiger partial charge in [0.05, 0.1) is 24.1 Å². The van der Waals surface area contributed by atoms with Gasteiger partial charge in [-0.15, -0.1) is 0 Å². The van der Waals surface area contributed by atoms with E-state index in [1.807, 2.05) is 6.92 Å². The lowest BCUT2D eigenvalue weighted by atomic mass is 10.1. The van der Waals surface area contributed by atoms with Crippen molar-refractivity contribution in [2.45, 2.75) is 32.9 Å². The third-order valence-electron chi connectivity index (χ3n) is 5.44. The van der Waals surface area contributed by atoms with Gasteiger partial charge in [-0.3, -0.25) is 34.2 Å². The Hall–Kier alpha value is -4.74. The summed E-state index contributed by atoms with van der Waals surface area (Å²) in [6.45, 7) is 1.98. The number of rotatable bonds is 9. The second-order valence-electron chi connectivity index (χ2n) is 7.89. The number of nitrogens with one attached hydrogen (secondary N) is 1. The van der Waals surface area contributed by atoms with E-state index in [1.165, 1.54) is 4.57 Å². The number of nitro groups is 1. The minimum Gasteiger partial charge on any atom is -0.465 e. The number of anilines is 2. The smallest absolute Gasteiger partial charge is 0.338 e. The Bertz CT molecular complexity index is 1410. The summed E-state index contributed by atoms with van der Waals surface area (Å²) in [5, 5.41) is 11.5. The average molecular weight is 495 g/mol.